The Morgan fingerprint density at radius 3 is 3.05 bits per heavy atom. The fraction of sp³-hybridized carbons (Fsp3) is 0.231. The van der Waals surface area contributed by atoms with Crippen molar-refractivity contribution in [2.24, 2.45) is 5.92 Å². The van der Waals surface area contributed by atoms with Gasteiger partial charge in [0.1, 0.15) is 17.9 Å². The molecule has 0 aliphatic heterocycles. The molecule has 0 saturated carbocycles. The zero-order chi connectivity index (χ0) is 14.4. The Labute approximate surface area is 120 Å². The second kappa shape index (κ2) is 6.63. The van der Waals surface area contributed by atoms with Crippen LogP contribution in [0.15, 0.2) is 23.6 Å². The monoisotopic (exact) mass is 288 g/mol. The molecule has 102 valence electrons. The zero-order valence-electron chi connectivity index (χ0n) is 10.7. The Bertz CT molecular complexity index is 635. The second-order valence-corrected chi connectivity index (χ2v) is 4.71. The molecule has 2 heterocycles. The lowest BCUT2D eigenvalue weighted by atomic mass is 10.2. The van der Waals surface area contributed by atoms with Gasteiger partial charge >= 0.3 is 0 Å². The summed E-state index contributed by atoms with van der Waals surface area (Å²) in [6, 6.07) is 7.33. The van der Waals surface area contributed by atoms with Crippen LogP contribution in [0.2, 0.25) is 0 Å². The summed E-state index contributed by atoms with van der Waals surface area (Å²) in [6.07, 6.45) is 0.616. The van der Waals surface area contributed by atoms with Gasteiger partial charge in [-0.05, 0) is 6.07 Å². The molecule has 0 fully saturated rings. The summed E-state index contributed by atoms with van der Waals surface area (Å²) in [5.41, 5.74) is 1.43. The van der Waals surface area contributed by atoms with Crippen LogP contribution in [0.1, 0.15) is 0 Å². The first kappa shape index (κ1) is 14.0. The van der Waals surface area contributed by atoms with E-state index in [9.17, 15) is 4.79 Å². The maximum atomic E-state index is 10.6. The van der Waals surface area contributed by atoms with E-state index in [1.54, 1.807) is 13.2 Å². The van der Waals surface area contributed by atoms with Crippen LogP contribution in [-0.4, -0.2) is 29.9 Å². The number of methoxy groups -OCH3 is 1. The van der Waals surface area contributed by atoms with Crippen molar-refractivity contribution in [1.29, 1.82) is 5.26 Å². The minimum atomic E-state index is -0.669. The van der Waals surface area contributed by atoms with Gasteiger partial charge in [-0.1, -0.05) is 6.07 Å². The van der Waals surface area contributed by atoms with Crippen LogP contribution in [0.3, 0.4) is 0 Å². The summed E-state index contributed by atoms with van der Waals surface area (Å²) in [5, 5.41) is 14.1. The predicted octanol–water partition coefficient (Wildman–Crippen LogP) is 1.96. The summed E-state index contributed by atoms with van der Waals surface area (Å²) in [4.78, 5) is 19.2. The van der Waals surface area contributed by atoms with Crippen LogP contribution in [0, 0.1) is 17.2 Å². The van der Waals surface area contributed by atoms with E-state index in [2.05, 4.69) is 15.3 Å². The third-order valence-electron chi connectivity index (χ3n) is 2.50. The highest BCUT2D eigenvalue weighted by atomic mass is 32.1. The average molecular weight is 288 g/mol. The molecule has 1 N–H and O–H groups in total. The number of carbonyl (C=O) groups excluding carboxylic acids is 1. The zero-order valence-corrected chi connectivity index (χ0v) is 11.6. The van der Waals surface area contributed by atoms with Gasteiger partial charge in [0.25, 0.3) is 0 Å². The summed E-state index contributed by atoms with van der Waals surface area (Å²) < 4.78 is 5.07. The van der Waals surface area contributed by atoms with Gasteiger partial charge in [-0.3, -0.25) is 0 Å². The Balaban J connectivity index is 2.08. The molecule has 7 heteroatoms. The lowest BCUT2D eigenvalue weighted by molar-refractivity contribution is -0.109. The molecular formula is C13H12N4O2S. The van der Waals surface area contributed by atoms with Crippen LogP contribution < -0.4 is 10.1 Å². The van der Waals surface area contributed by atoms with Crippen LogP contribution >= 0.6 is 11.3 Å². The van der Waals surface area contributed by atoms with E-state index >= 15 is 0 Å². The number of nitriles is 1. The fourth-order valence-corrected chi connectivity index (χ4v) is 2.18. The van der Waals surface area contributed by atoms with Crippen molar-refractivity contribution in [2.75, 3.05) is 19.0 Å². The standard InChI is InChI=1S/C13H12N4O2S/c1-19-12-4-2-3-10(16-12)11-8-20-13(17-11)15-6-9(5-14)7-18/h2-4,7-9H,6H2,1H3,(H,15,17). The van der Waals surface area contributed by atoms with E-state index in [1.165, 1.54) is 11.3 Å². The van der Waals surface area contributed by atoms with Gasteiger partial charge in [-0.15, -0.1) is 11.3 Å². The Morgan fingerprint density at radius 1 is 1.50 bits per heavy atom. The third-order valence-corrected chi connectivity index (χ3v) is 3.30. The molecule has 2 aromatic rings. The number of hydrogen-bond acceptors (Lipinski definition) is 7. The molecule has 1 unspecified atom stereocenters. The Hall–Kier alpha value is -2.46. The normalized spacial score (nSPS) is 11.4. The molecule has 2 rings (SSSR count). The molecule has 0 spiro atoms. The number of carbonyl (C=O) groups is 1. The van der Waals surface area contributed by atoms with E-state index in [1.807, 2.05) is 23.6 Å². The summed E-state index contributed by atoms with van der Waals surface area (Å²) in [6.45, 7) is 0.249. The van der Waals surface area contributed by atoms with Crippen molar-refractivity contribution >= 4 is 22.8 Å². The van der Waals surface area contributed by atoms with Crippen LogP contribution in [-0.2, 0) is 4.79 Å². The first-order valence-corrected chi connectivity index (χ1v) is 6.70. The molecule has 1 atom stereocenters. The number of ether oxygens (including phenoxy) is 1. The van der Waals surface area contributed by atoms with Crippen molar-refractivity contribution < 1.29 is 9.53 Å². The Kier molecular flexibility index (Phi) is 4.63. The minimum absolute atomic E-state index is 0.249. The summed E-state index contributed by atoms with van der Waals surface area (Å²) in [5.74, 6) is -0.146. The van der Waals surface area contributed by atoms with Crippen molar-refractivity contribution in [3.05, 3.63) is 23.6 Å². The van der Waals surface area contributed by atoms with E-state index in [4.69, 9.17) is 10.00 Å². The van der Waals surface area contributed by atoms with Crippen molar-refractivity contribution in [3.8, 4) is 23.3 Å². The van der Waals surface area contributed by atoms with Gasteiger partial charge in [0.2, 0.25) is 5.88 Å². The van der Waals surface area contributed by atoms with Crippen molar-refractivity contribution in [3.63, 3.8) is 0 Å². The third kappa shape index (κ3) is 3.30. The van der Waals surface area contributed by atoms with Gasteiger partial charge in [0.15, 0.2) is 5.13 Å². The van der Waals surface area contributed by atoms with Gasteiger partial charge < -0.3 is 14.8 Å². The number of thiazole rings is 1. The highest BCUT2D eigenvalue weighted by Crippen LogP contribution is 2.24. The number of hydrogen-bond donors (Lipinski definition) is 1. The largest absolute Gasteiger partial charge is 0.481 e. The first-order valence-electron chi connectivity index (χ1n) is 5.82. The molecule has 2 aromatic heterocycles. The molecule has 0 radical (unpaired) electrons. The summed E-state index contributed by atoms with van der Waals surface area (Å²) in [7, 11) is 1.56. The molecule has 0 saturated heterocycles. The number of nitrogens with one attached hydrogen (secondary N) is 1. The Morgan fingerprint density at radius 2 is 2.35 bits per heavy atom. The van der Waals surface area contributed by atoms with Gasteiger partial charge in [-0.25, -0.2) is 9.97 Å². The first-order chi connectivity index (χ1) is 9.76. The van der Waals surface area contributed by atoms with E-state index in [-0.39, 0.29) is 6.54 Å². The van der Waals surface area contributed by atoms with Crippen molar-refractivity contribution in [1.82, 2.24) is 9.97 Å². The quantitative estimate of drug-likeness (QED) is 0.817. The molecule has 6 nitrogen and oxygen atoms in total. The fourth-order valence-electron chi connectivity index (χ4n) is 1.47. The molecule has 20 heavy (non-hydrogen) atoms. The van der Waals surface area contributed by atoms with Crippen LogP contribution in [0.25, 0.3) is 11.4 Å². The summed E-state index contributed by atoms with van der Waals surface area (Å²) >= 11 is 1.39. The lowest BCUT2D eigenvalue weighted by Crippen LogP contribution is -2.13. The van der Waals surface area contributed by atoms with E-state index in [0.29, 0.717) is 23.0 Å². The van der Waals surface area contributed by atoms with Crippen LogP contribution in [0.4, 0.5) is 5.13 Å². The molecule has 0 amide bonds. The second-order valence-electron chi connectivity index (χ2n) is 3.86. The highest BCUT2D eigenvalue weighted by molar-refractivity contribution is 7.14. The average Bonchev–Trinajstić information content (AvgIpc) is 2.97. The number of aromatic nitrogens is 2. The smallest absolute Gasteiger partial charge is 0.213 e. The molecule has 0 aliphatic rings. The number of pyridine rings is 1. The predicted molar refractivity (Wildman–Crippen MR) is 75.6 cm³/mol. The molecule has 0 bridgehead atoms. The van der Waals surface area contributed by atoms with E-state index < -0.39 is 5.92 Å². The van der Waals surface area contributed by atoms with Gasteiger partial charge in [0, 0.05) is 18.0 Å². The lowest BCUT2D eigenvalue weighted by Gasteiger charge is -2.02. The van der Waals surface area contributed by atoms with E-state index in [0.717, 1.165) is 5.69 Å². The maximum Gasteiger partial charge on any atom is 0.213 e. The number of anilines is 1. The highest BCUT2D eigenvalue weighted by Gasteiger charge is 2.09. The van der Waals surface area contributed by atoms with Gasteiger partial charge in [0.05, 0.1) is 18.9 Å². The van der Waals surface area contributed by atoms with Gasteiger partial charge in [-0.2, -0.15) is 5.26 Å². The minimum Gasteiger partial charge on any atom is -0.481 e. The maximum absolute atomic E-state index is 10.6. The molecule has 0 aromatic carbocycles. The van der Waals surface area contributed by atoms with Crippen molar-refractivity contribution in [2.45, 2.75) is 0 Å². The molecular weight excluding hydrogens is 276 g/mol. The molecule has 0 aliphatic carbocycles. The number of aldehydes is 1. The SMILES string of the molecule is COc1cccc(-c2csc(NCC(C#N)C=O)n2)n1. The van der Waals surface area contributed by atoms with Crippen LogP contribution in [0.5, 0.6) is 5.88 Å². The topological polar surface area (TPSA) is 87.9 Å². The number of rotatable bonds is 6. The number of nitrogens with zero attached hydrogens (tertiary/aromatic N) is 3.